The van der Waals surface area contributed by atoms with Crippen LogP contribution in [0.15, 0.2) is 5.16 Å². The number of amides is 1. The number of amidine groups is 1. The Kier molecular flexibility index (Phi) is 3.75. The van der Waals surface area contributed by atoms with E-state index in [-0.39, 0.29) is 22.4 Å². The Morgan fingerprint density at radius 1 is 1.50 bits per heavy atom. The monoisotopic (exact) mass is 271 g/mol. The second-order valence-corrected chi connectivity index (χ2v) is 6.52. The van der Waals surface area contributed by atoms with Crippen LogP contribution >= 0.6 is 11.8 Å². The van der Waals surface area contributed by atoms with Gasteiger partial charge < -0.3 is 15.8 Å². The quantitative estimate of drug-likeness (QED) is 0.349. The molecule has 102 valence electrons. The molecule has 2 rings (SSSR count). The van der Waals surface area contributed by atoms with Gasteiger partial charge in [-0.25, -0.2) is 0 Å². The van der Waals surface area contributed by atoms with Crippen molar-refractivity contribution in [1.82, 2.24) is 4.90 Å². The van der Waals surface area contributed by atoms with Gasteiger partial charge in [-0.3, -0.25) is 4.79 Å². The van der Waals surface area contributed by atoms with E-state index in [0.29, 0.717) is 19.0 Å². The highest BCUT2D eigenvalue weighted by atomic mass is 32.2. The molecule has 2 unspecified atom stereocenters. The zero-order valence-electron chi connectivity index (χ0n) is 10.9. The van der Waals surface area contributed by atoms with E-state index in [1.54, 1.807) is 11.8 Å². The van der Waals surface area contributed by atoms with E-state index in [1.807, 2.05) is 11.2 Å². The minimum atomic E-state index is -0.305. The molecule has 2 aliphatic rings. The lowest BCUT2D eigenvalue weighted by molar-refractivity contribution is -0.133. The number of oxime groups is 1. The van der Waals surface area contributed by atoms with Gasteiger partial charge in [-0.2, -0.15) is 11.8 Å². The van der Waals surface area contributed by atoms with E-state index in [2.05, 4.69) is 12.1 Å². The number of thioether (sulfide) groups is 1. The van der Waals surface area contributed by atoms with E-state index >= 15 is 0 Å². The molecule has 1 saturated carbocycles. The molecule has 0 aromatic carbocycles. The first-order valence-electron chi connectivity index (χ1n) is 6.36. The van der Waals surface area contributed by atoms with E-state index in [1.165, 1.54) is 0 Å². The smallest absolute Gasteiger partial charge is 0.225 e. The van der Waals surface area contributed by atoms with Crippen molar-refractivity contribution in [2.45, 2.75) is 30.9 Å². The van der Waals surface area contributed by atoms with E-state index in [4.69, 9.17) is 10.9 Å². The van der Waals surface area contributed by atoms with Gasteiger partial charge >= 0.3 is 0 Å². The van der Waals surface area contributed by atoms with Crippen LogP contribution in [-0.2, 0) is 4.79 Å². The maximum Gasteiger partial charge on any atom is 0.225 e. The molecule has 0 aromatic rings. The summed E-state index contributed by atoms with van der Waals surface area (Å²) in [7, 11) is 0. The molecular weight excluding hydrogens is 250 g/mol. The van der Waals surface area contributed by atoms with Gasteiger partial charge in [0.15, 0.2) is 5.84 Å². The highest BCUT2D eigenvalue weighted by Gasteiger charge is 2.45. The summed E-state index contributed by atoms with van der Waals surface area (Å²) in [6.45, 7) is 3.54. The van der Waals surface area contributed by atoms with Crippen LogP contribution in [0.25, 0.3) is 0 Å². The van der Waals surface area contributed by atoms with Gasteiger partial charge in [0.05, 0.1) is 4.75 Å². The molecule has 0 radical (unpaired) electrons. The van der Waals surface area contributed by atoms with Gasteiger partial charge in [0.1, 0.15) is 0 Å². The van der Waals surface area contributed by atoms with Crippen LogP contribution in [0.2, 0.25) is 0 Å². The average Bonchev–Trinajstić information content (AvgIpc) is 3.14. The third kappa shape index (κ3) is 2.30. The maximum absolute atomic E-state index is 12.1. The van der Waals surface area contributed by atoms with Crippen molar-refractivity contribution >= 4 is 23.5 Å². The van der Waals surface area contributed by atoms with Crippen molar-refractivity contribution in [2.24, 2.45) is 22.7 Å². The Morgan fingerprint density at radius 2 is 2.06 bits per heavy atom. The molecule has 1 heterocycles. The highest BCUT2D eigenvalue weighted by molar-refractivity contribution is 8.00. The number of nitrogens with two attached hydrogens (primary N) is 1. The topological polar surface area (TPSA) is 78.9 Å². The molecule has 1 saturated heterocycles. The van der Waals surface area contributed by atoms with Crippen LogP contribution < -0.4 is 5.73 Å². The lowest BCUT2D eigenvalue weighted by atomic mass is 9.94. The first-order chi connectivity index (χ1) is 8.54. The Balaban J connectivity index is 1.96. The lowest BCUT2D eigenvalue weighted by Gasteiger charge is -2.39. The molecular formula is C12H21N3O2S. The summed E-state index contributed by atoms with van der Waals surface area (Å²) in [5.74, 6) is 1.36. The first-order valence-corrected chi connectivity index (χ1v) is 7.58. The Morgan fingerprint density at radius 3 is 2.44 bits per heavy atom. The highest BCUT2D eigenvalue weighted by Crippen LogP contribution is 2.41. The fourth-order valence-corrected chi connectivity index (χ4v) is 3.49. The SMILES string of the molecule is CSC1(C(N)=NO)CCN(C(=O)C2CC2C)CC1. The summed E-state index contributed by atoms with van der Waals surface area (Å²) in [6, 6.07) is 0. The molecule has 3 N–H and O–H groups in total. The number of hydrogen-bond donors (Lipinski definition) is 2. The largest absolute Gasteiger partial charge is 0.409 e. The summed E-state index contributed by atoms with van der Waals surface area (Å²) in [6.07, 6.45) is 4.52. The fraction of sp³-hybridized carbons (Fsp3) is 0.833. The Bertz CT molecular complexity index is 364. The third-order valence-corrected chi connectivity index (χ3v) is 5.67. The molecule has 0 spiro atoms. The normalized spacial score (nSPS) is 31.2. The molecule has 2 fully saturated rings. The summed E-state index contributed by atoms with van der Waals surface area (Å²) < 4.78 is -0.305. The van der Waals surface area contributed by atoms with Crippen LogP contribution in [0, 0.1) is 11.8 Å². The Hall–Kier alpha value is -0.910. The summed E-state index contributed by atoms with van der Waals surface area (Å²) >= 11 is 1.61. The zero-order valence-corrected chi connectivity index (χ0v) is 11.7. The molecule has 6 heteroatoms. The van der Waals surface area contributed by atoms with Crippen LogP contribution in [0.3, 0.4) is 0 Å². The molecule has 0 aromatic heterocycles. The Labute approximate surface area is 112 Å². The van der Waals surface area contributed by atoms with Crippen LogP contribution in [0.4, 0.5) is 0 Å². The molecule has 5 nitrogen and oxygen atoms in total. The number of carbonyl (C=O) groups is 1. The minimum absolute atomic E-state index is 0.246. The molecule has 18 heavy (non-hydrogen) atoms. The number of rotatable bonds is 3. The molecule has 0 bridgehead atoms. The van der Waals surface area contributed by atoms with Gasteiger partial charge in [-0.1, -0.05) is 12.1 Å². The summed E-state index contributed by atoms with van der Waals surface area (Å²) in [5, 5.41) is 12.0. The van der Waals surface area contributed by atoms with E-state index in [0.717, 1.165) is 19.3 Å². The van der Waals surface area contributed by atoms with Gasteiger partial charge in [0, 0.05) is 19.0 Å². The lowest BCUT2D eigenvalue weighted by Crippen LogP contribution is -2.51. The predicted octanol–water partition coefficient (Wildman–Crippen LogP) is 1.11. The van der Waals surface area contributed by atoms with Crippen molar-refractivity contribution in [3.05, 3.63) is 0 Å². The average molecular weight is 271 g/mol. The molecule has 1 aliphatic heterocycles. The fourth-order valence-electron chi connectivity index (χ4n) is 2.64. The van der Waals surface area contributed by atoms with Crippen LogP contribution in [-0.4, -0.2) is 45.9 Å². The second kappa shape index (κ2) is 4.99. The molecule has 2 atom stereocenters. The maximum atomic E-state index is 12.1. The van der Waals surface area contributed by atoms with Crippen LogP contribution in [0.1, 0.15) is 26.2 Å². The summed E-state index contributed by atoms with van der Waals surface area (Å²) in [5.41, 5.74) is 5.78. The standard InChI is InChI=1S/C12H21N3O2S/c1-8-7-9(8)10(16)15-5-3-12(18-2,4-6-15)11(13)14-17/h8-9,17H,3-7H2,1-2H3,(H2,13,14). The van der Waals surface area contributed by atoms with Crippen molar-refractivity contribution in [1.29, 1.82) is 0 Å². The third-order valence-electron chi connectivity index (χ3n) is 4.27. The predicted molar refractivity (Wildman–Crippen MR) is 72.7 cm³/mol. The van der Waals surface area contributed by atoms with Crippen LogP contribution in [0.5, 0.6) is 0 Å². The van der Waals surface area contributed by atoms with Gasteiger partial charge in [0.2, 0.25) is 5.91 Å². The van der Waals surface area contributed by atoms with Crippen molar-refractivity contribution in [3.63, 3.8) is 0 Å². The number of nitrogens with zero attached hydrogens (tertiary/aromatic N) is 2. The van der Waals surface area contributed by atoms with E-state index in [9.17, 15) is 4.79 Å². The second-order valence-electron chi connectivity index (χ2n) is 5.33. The zero-order chi connectivity index (χ0) is 13.3. The summed E-state index contributed by atoms with van der Waals surface area (Å²) in [4.78, 5) is 14.1. The van der Waals surface area contributed by atoms with Gasteiger partial charge in [-0.05, 0) is 31.4 Å². The number of carbonyl (C=O) groups excluding carboxylic acids is 1. The minimum Gasteiger partial charge on any atom is -0.409 e. The van der Waals surface area contributed by atoms with Gasteiger partial charge in [-0.15, -0.1) is 0 Å². The van der Waals surface area contributed by atoms with E-state index < -0.39 is 0 Å². The number of likely N-dealkylation sites (tertiary alicyclic amines) is 1. The van der Waals surface area contributed by atoms with Crippen molar-refractivity contribution in [3.8, 4) is 0 Å². The number of hydrogen-bond acceptors (Lipinski definition) is 4. The van der Waals surface area contributed by atoms with Gasteiger partial charge in [0.25, 0.3) is 0 Å². The van der Waals surface area contributed by atoms with Crippen molar-refractivity contribution < 1.29 is 10.0 Å². The first kappa shape index (κ1) is 13.5. The molecule has 1 amide bonds. The number of piperidine rings is 1. The van der Waals surface area contributed by atoms with Crippen molar-refractivity contribution in [2.75, 3.05) is 19.3 Å². The molecule has 1 aliphatic carbocycles.